The van der Waals surface area contributed by atoms with Crippen molar-refractivity contribution in [1.82, 2.24) is 0 Å². The Hall–Kier alpha value is -0.0800. The fraction of sp³-hybridized carbons (Fsp3) is 0.833. The van der Waals surface area contributed by atoms with Gasteiger partial charge in [-0.2, -0.15) is 0 Å². The largest absolute Gasteiger partial charge is 0.348 e. The molecule has 0 unspecified atom stereocenters. The Morgan fingerprint density at radius 1 is 1.62 bits per heavy atom. The van der Waals surface area contributed by atoms with Gasteiger partial charge in [0, 0.05) is 6.61 Å². The molecule has 0 aliphatic heterocycles. The van der Waals surface area contributed by atoms with Gasteiger partial charge in [0.2, 0.25) is 6.79 Å². The molecule has 0 bridgehead atoms. The lowest BCUT2D eigenvalue weighted by molar-refractivity contribution is 0.0176. The third-order valence-electron chi connectivity index (χ3n) is 1.01. The molecule has 1 saturated carbocycles. The second-order valence-corrected chi connectivity index (χ2v) is 1.89. The van der Waals surface area contributed by atoms with E-state index in [2.05, 4.69) is 0 Å². The summed E-state index contributed by atoms with van der Waals surface area (Å²) in [6, 6.07) is 0. The molecule has 0 N–H and O–H groups in total. The van der Waals surface area contributed by atoms with Gasteiger partial charge < -0.3 is 9.47 Å². The highest BCUT2D eigenvalue weighted by atomic mass is 16.7. The summed E-state index contributed by atoms with van der Waals surface area (Å²) in [5.74, 6) is 0. The molecule has 2 nitrogen and oxygen atoms in total. The normalized spacial score (nSPS) is 19.1. The van der Waals surface area contributed by atoms with Gasteiger partial charge in [0.05, 0.1) is 6.10 Å². The predicted molar refractivity (Wildman–Crippen MR) is 30.0 cm³/mol. The summed E-state index contributed by atoms with van der Waals surface area (Å²) in [5.41, 5.74) is 0. The second-order valence-electron chi connectivity index (χ2n) is 1.89. The van der Waals surface area contributed by atoms with Gasteiger partial charge in [0.1, 0.15) is 0 Å². The van der Waals surface area contributed by atoms with Crippen LogP contribution in [0.3, 0.4) is 0 Å². The molecule has 0 atom stereocenters. The van der Waals surface area contributed by atoms with Crippen LogP contribution in [0.15, 0.2) is 0 Å². The number of hydrogen-bond acceptors (Lipinski definition) is 2. The number of hydrogen-bond donors (Lipinski definition) is 0. The first-order valence-corrected chi connectivity index (χ1v) is 3.02. The summed E-state index contributed by atoms with van der Waals surface area (Å²) in [6.45, 7) is 4.08. The third-order valence-corrected chi connectivity index (χ3v) is 1.01. The van der Waals surface area contributed by atoms with Crippen LogP contribution >= 0.6 is 0 Å². The first kappa shape index (κ1) is 6.05. The molecule has 0 spiro atoms. The summed E-state index contributed by atoms with van der Waals surface area (Å²) in [5, 5.41) is 0. The molecule has 0 amide bonds. The van der Waals surface area contributed by atoms with E-state index in [0.29, 0.717) is 12.7 Å². The van der Waals surface area contributed by atoms with Gasteiger partial charge >= 0.3 is 0 Å². The number of rotatable bonds is 4. The average molecular weight is 115 g/mol. The maximum atomic E-state index is 5.05. The zero-order valence-electron chi connectivity index (χ0n) is 5.09. The molecule has 1 rings (SSSR count). The highest BCUT2D eigenvalue weighted by Crippen LogP contribution is 2.23. The Morgan fingerprint density at radius 3 is 2.88 bits per heavy atom. The lowest BCUT2D eigenvalue weighted by Crippen LogP contribution is -1.93. The van der Waals surface area contributed by atoms with Gasteiger partial charge in [-0.25, -0.2) is 0 Å². The van der Waals surface area contributed by atoms with Gasteiger partial charge in [0.15, 0.2) is 0 Å². The van der Waals surface area contributed by atoms with E-state index in [1.54, 1.807) is 0 Å². The molecular weight excluding hydrogens is 104 g/mol. The van der Waals surface area contributed by atoms with Crippen LogP contribution in [0.25, 0.3) is 0 Å². The Balaban J connectivity index is 1.74. The van der Waals surface area contributed by atoms with Crippen molar-refractivity contribution in [3.05, 3.63) is 6.79 Å². The Bertz CT molecular complexity index is 59.5. The van der Waals surface area contributed by atoms with Crippen LogP contribution < -0.4 is 0 Å². The summed E-state index contributed by atoms with van der Waals surface area (Å²) in [7, 11) is 0. The van der Waals surface area contributed by atoms with Crippen LogP contribution in [0.4, 0.5) is 0 Å². The SMILES string of the molecule is CCO[CH]OC1CC1. The van der Waals surface area contributed by atoms with E-state index < -0.39 is 0 Å². The van der Waals surface area contributed by atoms with E-state index in [0.717, 1.165) is 0 Å². The fourth-order valence-electron chi connectivity index (χ4n) is 0.390. The van der Waals surface area contributed by atoms with Crippen molar-refractivity contribution in [2.75, 3.05) is 6.61 Å². The minimum absolute atomic E-state index is 0.474. The van der Waals surface area contributed by atoms with Crippen LogP contribution in [0, 0.1) is 6.79 Å². The molecular formula is C6H11O2. The van der Waals surface area contributed by atoms with Crippen LogP contribution in [0.1, 0.15) is 19.8 Å². The van der Waals surface area contributed by atoms with Crippen molar-refractivity contribution in [1.29, 1.82) is 0 Å². The zero-order valence-corrected chi connectivity index (χ0v) is 5.09. The molecule has 1 fully saturated rings. The summed E-state index contributed by atoms with van der Waals surface area (Å²) >= 11 is 0. The van der Waals surface area contributed by atoms with Crippen molar-refractivity contribution in [3.63, 3.8) is 0 Å². The van der Waals surface area contributed by atoms with E-state index in [4.69, 9.17) is 9.47 Å². The van der Waals surface area contributed by atoms with Crippen LogP contribution in [-0.4, -0.2) is 12.7 Å². The van der Waals surface area contributed by atoms with Crippen molar-refractivity contribution in [2.24, 2.45) is 0 Å². The lowest BCUT2D eigenvalue weighted by Gasteiger charge is -1.97. The van der Waals surface area contributed by atoms with Gasteiger partial charge in [-0.1, -0.05) is 0 Å². The van der Waals surface area contributed by atoms with Crippen LogP contribution in [0.2, 0.25) is 0 Å². The molecule has 0 aromatic rings. The third kappa shape index (κ3) is 2.28. The summed E-state index contributed by atoms with van der Waals surface area (Å²) in [6.07, 6.45) is 2.87. The average Bonchev–Trinajstić information content (AvgIpc) is 2.51. The topological polar surface area (TPSA) is 18.5 Å². The summed E-state index contributed by atoms with van der Waals surface area (Å²) in [4.78, 5) is 0. The minimum Gasteiger partial charge on any atom is -0.348 e. The number of ether oxygens (including phenoxy) is 2. The van der Waals surface area contributed by atoms with E-state index in [1.165, 1.54) is 19.6 Å². The quantitative estimate of drug-likeness (QED) is 0.514. The minimum atomic E-state index is 0.474. The second kappa shape index (κ2) is 3.05. The van der Waals surface area contributed by atoms with Gasteiger partial charge in [0.25, 0.3) is 0 Å². The first-order chi connectivity index (χ1) is 3.93. The highest BCUT2D eigenvalue weighted by Gasteiger charge is 2.21. The highest BCUT2D eigenvalue weighted by molar-refractivity contribution is 4.73. The van der Waals surface area contributed by atoms with Crippen LogP contribution in [0.5, 0.6) is 0 Å². The smallest absolute Gasteiger partial charge is 0.209 e. The summed E-state index contributed by atoms with van der Waals surface area (Å²) < 4.78 is 9.88. The molecule has 47 valence electrons. The molecule has 1 radical (unpaired) electrons. The fourth-order valence-corrected chi connectivity index (χ4v) is 0.390. The van der Waals surface area contributed by atoms with Gasteiger partial charge in [-0.3, -0.25) is 0 Å². The lowest BCUT2D eigenvalue weighted by atomic mass is 10.8. The standard InChI is InChI=1S/C6H11O2/c1-2-7-5-8-6-3-4-6/h5-6H,2-4H2,1H3. The molecule has 2 heteroatoms. The molecule has 0 saturated heterocycles. The van der Waals surface area contributed by atoms with E-state index in [9.17, 15) is 0 Å². The molecule has 1 aliphatic rings. The van der Waals surface area contributed by atoms with Crippen molar-refractivity contribution >= 4 is 0 Å². The van der Waals surface area contributed by atoms with Crippen LogP contribution in [-0.2, 0) is 9.47 Å². The molecule has 0 aromatic heterocycles. The van der Waals surface area contributed by atoms with E-state index in [-0.39, 0.29) is 0 Å². The first-order valence-electron chi connectivity index (χ1n) is 3.02. The zero-order chi connectivity index (χ0) is 5.82. The van der Waals surface area contributed by atoms with E-state index >= 15 is 0 Å². The Kier molecular flexibility index (Phi) is 2.30. The van der Waals surface area contributed by atoms with Gasteiger partial charge in [-0.05, 0) is 19.8 Å². The monoisotopic (exact) mass is 115 g/mol. The Labute approximate surface area is 49.8 Å². The molecule has 0 aromatic carbocycles. The molecule has 8 heavy (non-hydrogen) atoms. The maximum absolute atomic E-state index is 5.05. The molecule has 1 aliphatic carbocycles. The van der Waals surface area contributed by atoms with Crippen molar-refractivity contribution in [2.45, 2.75) is 25.9 Å². The van der Waals surface area contributed by atoms with Gasteiger partial charge in [-0.15, -0.1) is 0 Å². The molecule has 0 heterocycles. The van der Waals surface area contributed by atoms with E-state index in [1.807, 2.05) is 6.92 Å². The van der Waals surface area contributed by atoms with Crippen molar-refractivity contribution < 1.29 is 9.47 Å². The van der Waals surface area contributed by atoms with Crippen molar-refractivity contribution in [3.8, 4) is 0 Å². The Morgan fingerprint density at radius 2 is 2.38 bits per heavy atom. The predicted octanol–water partition coefficient (Wildman–Crippen LogP) is 1.32. The maximum Gasteiger partial charge on any atom is 0.209 e.